The molecule has 0 bridgehead atoms. The van der Waals surface area contributed by atoms with Crippen molar-refractivity contribution in [1.82, 2.24) is 4.90 Å². The van der Waals surface area contributed by atoms with E-state index in [0.717, 1.165) is 24.6 Å². The van der Waals surface area contributed by atoms with Crippen LogP contribution in [0.1, 0.15) is 10.4 Å². The lowest BCUT2D eigenvalue weighted by atomic mass is 10.1. The van der Waals surface area contributed by atoms with Gasteiger partial charge in [0.05, 0.1) is 5.69 Å². The molecule has 2 heterocycles. The van der Waals surface area contributed by atoms with Crippen LogP contribution in [0.15, 0.2) is 18.2 Å². The van der Waals surface area contributed by atoms with Gasteiger partial charge < -0.3 is 15.0 Å². The number of fused-ring (bicyclic) bond motifs is 1. The number of carbonyl (C=O) groups excluding carboxylic acids is 2. The van der Waals surface area contributed by atoms with Crippen molar-refractivity contribution in [2.75, 3.05) is 36.5 Å². The number of amides is 2. The van der Waals surface area contributed by atoms with E-state index in [1.807, 2.05) is 16.7 Å². The van der Waals surface area contributed by atoms with E-state index in [4.69, 9.17) is 4.74 Å². The van der Waals surface area contributed by atoms with E-state index in [2.05, 4.69) is 5.32 Å². The van der Waals surface area contributed by atoms with Gasteiger partial charge in [0, 0.05) is 30.2 Å². The van der Waals surface area contributed by atoms with Gasteiger partial charge in [0.2, 0.25) is 0 Å². The van der Waals surface area contributed by atoms with Crippen molar-refractivity contribution in [3.63, 3.8) is 0 Å². The first kappa shape index (κ1) is 12.3. The summed E-state index contributed by atoms with van der Waals surface area (Å²) < 4.78 is 5.33. The molecule has 1 saturated heterocycles. The number of anilines is 1. The first-order chi connectivity index (χ1) is 9.24. The lowest BCUT2D eigenvalue weighted by Gasteiger charge is -2.27. The van der Waals surface area contributed by atoms with Crippen LogP contribution in [0.2, 0.25) is 0 Å². The van der Waals surface area contributed by atoms with E-state index in [9.17, 15) is 9.59 Å². The average Bonchev–Trinajstić information content (AvgIpc) is 2.47. The lowest BCUT2D eigenvalue weighted by molar-refractivity contribution is -0.118. The molecule has 0 radical (unpaired) electrons. The molecule has 1 aromatic rings. The van der Waals surface area contributed by atoms with E-state index in [0.29, 0.717) is 17.0 Å². The lowest BCUT2D eigenvalue weighted by Crippen LogP contribution is -2.38. The molecule has 0 aromatic heterocycles. The number of hydrogen-bond donors (Lipinski definition) is 1. The van der Waals surface area contributed by atoms with Crippen LogP contribution in [0.5, 0.6) is 5.75 Å². The summed E-state index contributed by atoms with van der Waals surface area (Å²) in [6, 6.07) is 5.16. The Kier molecular flexibility index (Phi) is 3.33. The van der Waals surface area contributed by atoms with E-state index in [-0.39, 0.29) is 18.4 Å². The maximum atomic E-state index is 12.3. The molecule has 0 aliphatic carbocycles. The second kappa shape index (κ2) is 5.13. The van der Waals surface area contributed by atoms with Gasteiger partial charge in [0.25, 0.3) is 11.8 Å². The van der Waals surface area contributed by atoms with Gasteiger partial charge in [-0.2, -0.15) is 11.8 Å². The first-order valence-corrected chi connectivity index (χ1v) is 7.33. The van der Waals surface area contributed by atoms with Crippen molar-refractivity contribution in [2.24, 2.45) is 0 Å². The summed E-state index contributed by atoms with van der Waals surface area (Å²) in [7, 11) is 0. The molecule has 3 rings (SSSR count). The predicted molar refractivity (Wildman–Crippen MR) is 73.8 cm³/mol. The van der Waals surface area contributed by atoms with Crippen LogP contribution in [0.25, 0.3) is 0 Å². The Balaban J connectivity index is 1.81. The summed E-state index contributed by atoms with van der Waals surface area (Å²) in [5, 5.41) is 2.71. The highest BCUT2D eigenvalue weighted by Gasteiger charge is 2.21. The highest BCUT2D eigenvalue weighted by Crippen LogP contribution is 2.29. The maximum Gasteiger partial charge on any atom is 0.262 e. The van der Waals surface area contributed by atoms with E-state index >= 15 is 0 Å². The van der Waals surface area contributed by atoms with E-state index < -0.39 is 0 Å². The number of rotatable bonds is 1. The molecule has 0 spiro atoms. The smallest absolute Gasteiger partial charge is 0.262 e. The first-order valence-electron chi connectivity index (χ1n) is 6.18. The molecule has 6 heteroatoms. The van der Waals surface area contributed by atoms with Crippen LogP contribution in [-0.2, 0) is 4.79 Å². The van der Waals surface area contributed by atoms with Gasteiger partial charge in [0.15, 0.2) is 6.61 Å². The zero-order valence-corrected chi connectivity index (χ0v) is 11.2. The molecule has 5 nitrogen and oxygen atoms in total. The summed E-state index contributed by atoms with van der Waals surface area (Å²) in [6.45, 7) is 1.58. The molecule has 2 aliphatic rings. The second-order valence-electron chi connectivity index (χ2n) is 4.45. The van der Waals surface area contributed by atoms with Crippen molar-refractivity contribution >= 4 is 29.3 Å². The molecule has 2 amide bonds. The van der Waals surface area contributed by atoms with Crippen LogP contribution in [-0.4, -0.2) is 47.9 Å². The normalized spacial score (nSPS) is 18.3. The average molecular weight is 278 g/mol. The number of thioether (sulfide) groups is 1. The van der Waals surface area contributed by atoms with Gasteiger partial charge in [-0.05, 0) is 18.2 Å². The Bertz CT molecular complexity index is 527. The van der Waals surface area contributed by atoms with Gasteiger partial charge in [-0.1, -0.05) is 0 Å². The van der Waals surface area contributed by atoms with Gasteiger partial charge >= 0.3 is 0 Å². The van der Waals surface area contributed by atoms with Crippen LogP contribution in [0, 0.1) is 0 Å². The quantitative estimate of drug-likeness (QED) is 0.839. The van der Waals surface area contributed by atoms with E-state index in [1.54, 1.807) is 18.2 Å². The largest absolute Gasteiger partial charge is 0.482 e. The predicted octanol–water partition coefficient (Wildman–Crippen LogP) is 1.21. The number of hydrogen-bond acceptors (Lipinski definition) is 4. The Morgan fingerprint density at radius 3 is 2.89 bits per heavy atom. The topological polar surface area (TPSA) is 58.6 Å². The standard InChI is InChI=1S/C13H14N2O3S/c16-12-8-18-11-7-9(1-2-10(11)14-12)13(17)15-3-5-19-6-4-15/h1-2,7H,3-6,8H2,(H,14,16). The molecule has 2 aliphatic heterocycles. The summed E-state index contributed by atoms with van der Waals surface area (Å²) in [5.41, 5.74) is 1.24. The summed E-state index contributed by atoms with van der Waals surface area (Å²) in [4.78, 5) is 25.4. The Hall–Kier alpha value is -1.69. The third-order valence-corrected chi connectivity index (χ3v) is 4.10. The molecule has 1 aromatic carbocycles. The fraction of sp³-hybridized carbons (Fsp3) is 0.385. The molecule has 1 N–H and O–H groups in total. The SMILES string of the molecule is O=C1COc2cc(C(=O)N3CCSCC3)ccc2N1. The molecule has 0 unspecified atom stereocenters. The summed E-state index contributed by atoms with van der Waals surface area (Å²) in [6.07, 6.45) is 0. The Morgan fingerprint density at radius 1 is 1.32 bits per heavy atom. The molecule has 19 heavy (non-hydrogen) atoms. The van der Waals surface area contributed by atoms with E-state index in [1.165, 1.54) is 0 Å². The van der Waals surface area contributed by atoms with Crippen molar-refractivity contribution in [3.05, 3.63) is 23.8 Å². The third-order valence-electron chi connectivity index (χ3n) is 3.16. The van der Waals surface area contributed by atoms with Gasteiger partial charge in [-0.25, -0.2) is 0 Å². The van der Waals surface area contributed by atoms with Gasteiger partial charge in [-0.15, -0.1) is 0 Å². The number of nitrogens with one attached hydrogen (secondary N) is 1. The second-order valence-corrected chi connectivity index (χ2v) is 5.68. The highest BCUT2D eigenvalue weighted by molar-refractivity contribution is 7.99. The van der Waals surface area contributed by atoms with Crippen molar-refractivity contribution < 1.29 is 14.3 Å². The molecule has 0 saturated carbocycles. The molecular formula is C13H14N2O3S. The fourth-order valence-corrected chi connectivity index (χ4v) is 3.06. The van der Waals surface area contributed by atoms with Crippen LogP contribution >= 0.6 is 11.8 Å². The van der Waals surface area contributed by atoms with Crippen LogP contribution in [0.4, 0.5) is 5.69 Å². The van der Waals surface area contributed by atoms with Gasteiger partial charge in [0.1, 0.15) is 5.75 Å². The minimum atomic E-state index is -0.167. The summed E-state index contributed by atoms with van der Waals surface area (Å²) in [5.74, 6) is 2.41. The molecule has 0 atom stereocenters. The van der Waals surface area contributed by atoms with Crippen LogP contribution < -0.4 is 10.1 Å². The van der Waals surface area contributed by atoms with Crippen molar-refractivity contribution in [3.8, 4) is 5.75 Å². The monoisotopic (exact) mass is 278 g/mol. The van der Waals surface area contributed by atoms with Gasteiger partial charge in [-0.3, -0.25) is 9.59 Å². The summed E-state index contributed by atoms with van der Waals surface area (Å²) >= 11 is 1.87. The minimum absolute atomic E-state index is 0.00496. The zero-order chi connectivity index (χ0) is 13.2. The number of carbonyl (C=O) groups is 2. The fourth-order valence-electron chi connectivity index (χ4n) is 2.16. The highest BCUT2D eigenvalue weighted by atomic mass is 32.2. The Morgan fingerprint density at radius 2 is 2.11 bits per heavy atom. The molecular weight excluding hydrogens is 264 g/mol. The van der Waals surface area contributed by atoms with Crippen molar-refractivity contribution in [2.45, 2.75) is 0 Å². The zero-order valence-electron chi connectivity index (χ0n) is 10.3. The van der Waals surface area contributed by atoms with Crippen LogP contribution in [0.3, 0.4) is 0 Å². The Labute approximate surface area is 115 Å². The number of nitrogens with zero attached hydrogens (tertiary/aromatic N) is 1. The number of benzene rings is 1. The minimum Gasteiger partial charge on any atom is -0.482 e. The molecule has 100 valence electrons. The number of ether oxygens (including phenoxy) is 1. The van der Waals surface area contributed by atoms with Crippen molar-refractivity contribution in [1.29, 1.82) is 0 Å². The molecule has 1 fully saturated rings. The maximum absolute atomic E-state index is 12.3. The third kappa shape index (κ3) is 2.53.